The molecule has 0 aliphatic carbocycles. The van der Waals surface area contributed by atoms with Crippen molar-refractivity contribution >= 4 is 21.4 Å². The monoisotopic (exact) mass is 380 g/mol. The summed E-state index contributed by atoms with van der Waals surface area (Å²) < 4.78 is 25.9. The number of aromatic nitrogens is 2. The van der Waals surface area contributed by atoms with Crippen LogP contribution >= 0.6 is 11.6 Å². The third kappa shape index (κ3) is 3.33. The van der Waals surface area contributed by atoms with Gasteiger partial charge < -0.3 is 0 Å². The second-order valence-electron chi connectivity index (χ2n) is 6.91. The second kappa shape index (κ2) is 6.39. The molecule has 0 radical (unpaired) electrons. The molecule has 0 amide bonds. The molecule has 2 aliphatic rings. The van der Waals surface area contributed by atoms with Crippen LogP contribution in [-0.4, -0.2) is 71.7 Å². The number of piperazine rings is 1. The van der Waals surface area contributed by atoms with Crippen LogP contribution in [0, 0.1) is 0 Å². The Morgan fingerprint density at radius 2 is 1.96 bits per heavy atom. The Labute approximate surface area is 152 Å². The quantitative estimate of drug-likeness (QED) is 0.806. The number of likely N-dealkylation sites (N-methyl/N-ethyl adjacent to an activating group) is 1. The summed E-state index contributed by atoms with van der Waals surface area (Å²) >= 11 is 6.24. The van der Waals surface area contributed by atoms with Gasteiger partial charge >= 0.3 is 0 Å². The van der Waals surface area contributed by atoms with E-state index in [0.717, 1.165) is 24.3 Å². The van der Waals surface area contributed by atoms with E-state index in [0.29, 0.717) is 11.6 Å². The Bertz CT molecular complexity index is 882. The van der Waals surface area contributed by atoms with Crippen molar-refractivity contribution in [1.82, 2.24) is 19.6 Å². The van der Waals surface area contributed by atoms with Crippen LogP contribution in [0.2, 0.25) is 5.02 Å². The smallest absolute Gasteiger partial charge is 0.153 e. The second-order valence-corrected chi connectivity index (χ2v) is 9.47. The Kier molecular flexibility index (Phi) is 4.35. The molecule has 2 saturated heterocycles. The zero-order valence-corrected chi connectivity index (χ0v) is 15.6. The average Bonchev–Trinajstić information content (AvgIpc) is 3.15. The fourth-order valence-corrected chi connectivity index (χ4v) is 6.15. The first-order valence-electron chi connectivity index (χ1n) is 8.36. The number of fused-ring (bicyclic) bond motifs is 1. The average molecular weight is 381 g/mol. The molecule has 2 aliphatic heterocycles. The lowest BCUT2D eigenvalue weighted by atomic mass is 10.1. The molecule has 2 atom stereocenters. The Hall–Kier alpha value is -1.41. The highest BCUT2D eigenvalue weighted by atomic mass is 35.5. The fourth-order valence-electron chi connectivity index (χ4n) is 3.84. The first-order chi connectivity index (χ1) is 11.9. The van der Waals surface area contributed by atoms with Gasteiger partial charge in [-0.15, -0.1) is 0 Å². The molecule has 0 N–H and O–H groups in total. The largest absolute Gasteiger partial charge is 0.300 e. The maximum atomic E-state index is 12.1. The van der Waals surface area contributed by atoms with Crippen LogP contribution in [0.15, 0.2) is 36.7 Å². The molecule has 0 unspecified atom stereocenters. The first kappa shape index (κ1) is 17.0. The van der Waals surface area contributed by atoms with E-state index in [9.17, 15) is 8.42 Å². The van der Waals surface area contributed by atoms with Gasteiger partial charge in [-0.25, -0.2) is 13.1 Å². The van der Waals surface area contributed by atoms with E-state index in [2.05, 4.69) is 14.9 Å². The van der Waals surface area contributed by atoms with Gasteiger partial charge in [0.15, 0.2) is 9.84 Å². The van der Waals surface area contributed by atoms with Crippen LogP contribution in [0.25, 0.3) is 5.69 Å². The molecular formula is C17H21ClN4O2S. The number of para-hydroxylation sites is 1. The van der Waals surface area contributed by atoms with E-state index < -0.39 is 9.84 Å². The maximum absolute atomic E-state index is 12.1. The van der Waals surface area contributed by atoms with Gasteiger partial charge in [-0.3, -0.25) is 9.80 Å². The number of halogens is 1. The van der Waals surface area contributed by atoms with Crippen molar-refractivity contribution in [3.05, 3.63) is 47.2 Å². The molecular weight excluding hydrogens is 360 g/mol. The third-order valence-electron chi connectivity index (χ3n) is 5.19. The number of nitrogens with zero attached hydrogens (tertiary/aromatic N) is 4. The van der Waals surface area contributed by atoms with Gasteiger partial charge in [0.2, 0.25) is 0 Å². The summed E-state index contributed by atoms with van der Waals surface area (Å²) in [5.41, 5.74) is 1.91. The molecule has 0 bridgehead atoms. The standard InChI is InChI=1S/C17H21ClN4O2S/c1-20-6-7-21(17-12-25(23,24)11-16(17)20)9-13-8-19-22(10-13)15-5-3-2-4-14(15)18/h2-5,8,10,16-17H,6-7,9,11-12H2,1H3/t16-,17+/m1/s1. The van der Waals surface area contributed by atoms with Crippen molar-refractivity contribution in [3.63, 3.8) is 0 Å². The molecule has 134 valence electrons. The van der Waals surface area contributed by atoms with Crippen molar-refractivity contribution in [2.45, 2.75) is 18.6 Å². The molecule has 3 heterocycles. The van der Waals surface area contributed by atoms with E-state index in [1.807, 2.05) is 43.7 Å². The van der Waals surface area contributed by atoms with Crippen molar-refractivity contribution in [3.8, 4) is 5.69 Å². The van der Waals surface area contributed by atoms with E-state index in [4.69, 9.17) is 11.6 Å². The van der Waals surface area contributed by atoms with Crippen molar-refractivity contribution in [2.75, 3.05) is 31.6 Å². The minimum absolute atomic E-state index is 0.0624. The lowest BCUT2D eigenvalue weighted by Gasteiger charge is -2.42. The maximum Gasteiger partial charge on any atom is 0.153 e. The summed E-state index contributed by atoms with van der Waals surface area (Å²) in [6.07, 6.45) is 3.80. The summed E-state index contributed by atoms with van der Waals surface area (Å²) in [7, 11) is -0.933. The van der Waals surface area contributed by atoms with Gasteiger partial charge in [0.05, 0.1) is 28.4 Å². The highest BCUT2D eigenvalue weighted by Crippen LogP contribution is 2.27. The van der Waals surface area contributed by atoms with Gasteiger partial charge in [-0.05, 0) is 19.2 Å². The topological polar surface area (TPSA) is 58.4 Å². The normalized spacial score (nSPS) is 26.6. The fraction of sp³-hybridized carbons (Fsp3) is 0.471. The number of rotatable bonds is 3. The van der Waals surface area contributed by atoms with E-state index in [1.54, 1.807) is 4.68 Å². The molecule has 0 saturated carbocycles. The van der Waals surface area contributed by atoms with Crippen LogP contribution in [0.5, 0.6) is 0 Å². The lowest BCUT2D eigenvalue weighted by molar-refractivity contribution is 0.0573. The minimum atomic E-state index is -2.95. The Balaban J connectivity index is 1.54. The molecule has 8 heteroatoms. The molecule has 6 nitrogen and oxygen atoms in total. The Morgan fingerprint density at radius 1 is 1.20 bits per heavy atom. The first-order valence-corrected chi connectivity index (χ1v) is 10.6. The van der Waals surface area contributed by atoms with Crippen LogP contribution in [0.1, 0.15) is 5.56 Å². The summed E-state index contributed by atoms with van der Waals surface area (Å²) in [6, 6.07) is 7.74. The summed E-state index contributed by atoms with van der Waals surface area (Å²) in [5.74, 6) is 0.518. The van der Waals surface area contributed by atoms with Gasteiger partial charge in [-0.1, -0.05) is 23.7 Å². The molecule has 2 aromatic rings. The number of hydrogen-bond donors (Lipinski definition) is 0. The van der Waals surface area contributed by atoms with Crippen LogP contribution in [0.3, 0.4) is 0 Å². The van der Waals surface area contributed by atoms with Crippen molar-refractivity contribution in [1.29, 1.82) is 0 Å². The zero-order chi connectivity index (χ0) is 17.6. The molecule has 25 heavy (non-hydrogen) atoms. The highest BCUT2D eigenvalue weighted by molar-refractivity contribution is 7.91. The highest BCUT2D eigenvalue weighted by Gasteiger charge is 2.45. The van der Waals surface area contributed by atoms with E-state index in [1.165, 1.54) is 0 Å². The molecule has 1 aromatic heterocycles. The zero-order valence-electron chi connectivity index (χ0n) is 14.0. The minimum Gasteiger partial charge on any atom is -0.300 e. The van der Waals surface area contributed by atoms with Crippen molar-refractivity contribution < 1.29 is 8.42 Å². The SMILES string of the molecule is CN1CCN(Cc2cnn(-c3ccccc3Cl)c2)[C@H]2CS(=O)(=O)C[C@H]21. The summed E-state index contributed by atoms with van der Waals surface area (Å²) in [5, 5.41) is 5.07. The predicted octanol–water partition coefficient (Wildman–Crippen LogP) is 1.44. The van der Waals surface area contributed by atoms with E-state index in [-0.39, 0.29) is 23.6 Å². The number of hydrogen-bond acceptors (Lipinski definition) is 5. The van der Waals surface area contributed by atoms with Crippen LogP contribution in [0.4, 0.5) is 0 Å². The van der Waals surface area contributed by atoms with Gasteiger partial charge in [0, 0.05) is 43.5 Å². The van der Waals surface area contributed by atoms with Crippen LogP contribution in [-0.2, 0) is 16.4 Å². The number of benzene rings is 1. The lowest BCUT2D eigenvalue weighted by Crippen LogP contribution is -2.57. The van der Waals surface area contributed by atoms with Gasteiger partial charge in [-0.2, -0.15) is 5.10 Å². The Morgan fingerprint density at radius 3 is 2.76 bits per heavy atom. The van der Waals surface area contributed by atoms with Crippen LogP contribution < -0.4 is 0 Å². The number of sulfone groups is 1. The van der Waals surface area contributed by atoms with Gasteiger partial charge in [0.25, 0.3) is 0 Å². The molecule has 4 rings (SSSR count). The van der Waals surface area contributed by atoms with Gasteiger partial charge in [0.1, 0.15) is 0 Å². The predicted molar refractivity (Wildman–Crippen MR) is 97.8 cm³/mol. The molecule has 1 aromatic carbocycles. The third-order valence-corrected chi connectivity index (χ3v) is 7.21. The summed E-state index contributed by atoms with van der Waals surface area (Å²) in [4.78, 5) is 4.46. The molecule has 0 spiro atoms. The van der Waals surface area contributed by atoms with Crippen molar-refractivity contribution in [2.24, 2.45) is 0 Å². The summed E-state index contributed by atoms with van der Waals surface area (Å²) in [6.45, 7) is 2.45. The molecule has 2 fully saturated rings. The van der Waals surface area contributed by atoms with E-state index >= 15 is 0 Å².